The zero-order chi connectivity index (χ0) is 10.1. The summed E-state index contributed by atoms with van der Waals surface area (Å²) in [5.74, 6) is -0.603. The van der Waals surface area contributed by atoms with Crippen molar-refractivity contribution in [1.29, 1.82) is 0 Å². The van der Waals surface area contributed by atoms with Crippen LogP contribution in [0.5, 0.6) is 0 Å². The maximum absolute atomic E-state index is 11.2. The van der Waals surface area contributed by atoms with Gasteiger partial charge in [0, 0.05) is 26.1 Å². The maximum atomic E-state index is 11.2. The highest BCUT2D eigenvalue weighted by molar-refractivity contribution is 6.03. The van der Waals surface area contributed by atoms with Gasteiger partial charge in [0.25, 0.3) is 0 Å². The van der Waals surface area contributed by atoms with Gasteiger partial charge in [0.2, 0.25) is 11.8 Å². The van der Waals surface area contributed by atoms with Crippen molar-refractivity contribution in [2.75, 3.05) is 0 Å². The van der Waals surface area contributed by atoms with Gasteiger partial charge in [0.15, 0.2) is 0 Å². The van der Waals surface area contributed by atoms with Crippen LogP contribution in [0.3, 0.4) is 0 Å². The van der Waals surface area contributed by atoms with Gasteiger partial charge in [0.1, 0.15) is 0 Å². The second-order valence-corrected chi connectivity index (χ2v) is 3.55. The fourth-order valence-electron chi connectivity index (χ4n) is 1.60. The SMILES string of the molecule is Cn1cnc(CC2CC(=O)NC2=O)c1. The Morgan fingerprint density at radius 3 is 2.93 bits per heavy atom. The third-order valence-corrected chi connectivity index (χ3v) is 2.28. The van der Waals surface area contributed by atoms with Crippen molar-refractivity contribution in [3.63, 3.8) is 0 Å². The molecule has 2 heterocycles. The highest BCUT2D eigenvalue weighted by atomic mass is 16.2. The van der Waals surface area contributed by atoms with Crippen molar-refractivity contribution in [3.8, 4) is 0 Å². The molecule has 14 heavy (non-hydrogen) atoms. The molecule has 1 aliphatic heterocycles. The van der Waals surface area contributed by atoms with E-state index in [1.54, 1.807) is 6.33 Å². The molecule has 0 spiro atoms. The molecule has 1 N–H and O–H groups in total. The van der Waals surface area contributed by atoms with Crippen LogP contribution in [-0.4, -0.2) is 21.4 Å². The Morgan fingerprint density at radius 2 is 2.43 bits per heavy atom. The summed E-state index contributed by atoms with van der Waals surface area (Å²) in [6.07, 6.45) is 4.37. The molecule has 0 aliphatic carbocycles. The van der Waals surface area contributed by atoms with E-state index in [0.717, 1.165) is 5.69 Å². The number of nitrogens with zero attached hydrogens (tertiary/aromatic N) is 2. The highest BCUT2D eigenvalue weighted by Crippen LogP contribution is 2.15. The summed E-state index contributed by atoms with van der Waals surface area (Å²) >= 11 is 0. The molecular formula is C9H11N3O2. The van der Waals surface area contributed by atoms with Gasteiger partial charge >= 0.3 is 0 Å². The Labute approximate surface area is 81.1 Å². The smallest absolute Gasteiger partial charge is 0.230 e. The minimum absolute atomic E-state index is 0.180. The Balaban J connectivity index is 2.05. The van der Waals surface area contributed by atoms with Gasteiger partial charge in [-0.25, -0.2) is 4.98 Å². The lowest BCUT2D eigenvalue weighted by Gasteiger charge is -2.01. The predicted octanol–water partition coefficient (Wildman–Crippen LogP) is -0.375. The van der Waals surface area contributed by atoms with Crippen LogP contribution in [0.2, 0.25) is 0 Å². The summed E-state index contributed by atoms with van der Waals surface area (Å²) in [5, 5.41) is 2.28. The molecule has 1 atom stereocenters. The molecule has 0 bridgehead atoms. The molecule has 2 amide bonds. The number of carbonyl (C=O) groups is 2. The first kappa shape index (κ1) is 8.93. The van der Waals surface area contributed by atoms with E-state index in [0.29, 0.717) is 6.42 Å². The average Bonchev–Trinajstić information content (AvgIpc) is 2.61. The van der Waals surface area contributed by atoms with Crippen LogP contribution in [0, 0.1) is 5.92 Å². The van der Waals surface area contributed by atoms with Crippen LogP contribution in [-0.2, 0) is 23.1 Å². The number of imide groups is 1. The average molecular weight is 193 g/mol. The number of amides is 2. The van der Waals surface area contributed by atoms with Gasteiger partial charge < -0.3 is 4.57 Å². The molecule has 74 valence electrons. The van der Waals surface area contributed by atoms with Crippen LogP contribution >= 0.6 is 0 Å². The zero-order valence-electron chi connectivity index (χ0n) is 7.86. The number of imidazole rings is 1. The largest absolute Gasteiger partial charge is 0.340 e. The number of carbonyl (C=O) groups excluding carboxylic acids is 2. The molecule has 1 aromatic heterocycles. The van der Waals surface area contributed by atoms with E-state index in [9.17, 15) is 9.59 Å². The van der Waals surface area contributed by atoms with E-state index in [-0.39, 0.29) is 24.2 Å². The van der Waals surface area contributed by atoms with Gasteiger partial charge in [0.05, 0.1) is 17.9 Å². The van der Waals surface area contributed by atoms with Gasteiger partial charge in [-0.05, 0) is 0 Å². The third-order valence-electron chi connectivity index (χ3n) is 2.28. The van der Waals surface area contributed by atoms with Crippen molar-refractivity contribution in [1.82, 2.24) is 14.9 Å². The second kappa shape index (κ2) is 3.25. The fourth-order valence-corrected chi connectivity index (χ4v) is 1.60. The van der Waals surface area contributed by atoms with Gasteiger partial charge in [-0.1, -0.05) is 0 Å². The Bertz CT molecular complexity index is 383. The molecule has 5 nitrogen and oxygen atoms in total. The molecule has 1 saturated heterocycles. The molecule has 0 radical (unpaired) electrons. The van der Waals surface area contributed by atoms with E-state index in [1.165, 1.54) is 0 Å². The van der Waals surface area contributed by atoms with E-state index in [1.807, 2.05) is 17.8 Å². The monoisotopic (exact) mass is 193 g/mol. The van der Waals surface area contributed by atoms with Gasteiger partial charge in [-0.2, -0.15) is 0 Å². The summed E-state index contributed by atoms with van der Waals surface area (Å²) in [6.45, 7) is 0. The normalized spacial score (nSPS) is 21.4. The molecule has 1 aliphatic rings. The Kier molecular flexibility index (Phi) is 2.07. The molecule has 0 saturated carbocycles. The fraction of sp³-hybridized carbons (Fsp3) is 0.444. The van der Waals surface area contributed by atoms with Crippen LogP contribution in [0.25, 0.3) is 0 Å². The Morgan fingerprint density at radius 1 is 1.64 bits per heavy atom. The zero-order valence-corrected chi connectivity index (χ0v) is 7.86. The first-order valence-corrected chi connectivity index (χ1v) is 4.45. The van der Waals surface area contributed by atoms with Crippen LogP contribution in [0.1, 0.15) is 12.1 Å². The minimum atomic E-state index is -0.239. The van der Waals surface area contributed by atoms with Crippen molar-refractivity contribution in [3.05, 3.63) is 18.2 Å². The number of nitrogens with one attached hydrogen (secondary N) is 1. The number of rotatable bonds is 2. The Hall–Kier alpha value is -1.65. The summed E-state index contributed by atoms with van der Waals surface area (Å²) in [4.78, 5) is 26.2. The van der Waals surface area contributed by atoms with Crippen molar-refractivity contribution < 1.29 is 9.59 Å². The molecule has 2 rings (SSSR count). The van der Waals surface area contributed by atoms with Gasteiger partial charge in [-0.3, -0.25) is 14.9 Å². The molecule has 5 heteroatoms. The molecule has 1 unspecified atom stereocenters. The molecule has 0 aromatic carbocycles. The van der Waals surface area contributed by atoms with Crippen molar-refractivity contribution in [2.24, 2.45) is 13.0 Å². The lowest BCUT2D eigenvalue weighted by atomic mass is 10.0. The lowest BCUT2D eigenvalue weighted by Crippen LogP contribution is -2.22. The number of hydrogen-bond donors (Lipinski definition) is 1. The summed E-state index contributed by atoms with van der Waals surface area (Å²) < 4.78 is 1.82. The van der Waals surface area contributed by atoms with E-state index in [2.05, 4.69) is 10.3 Å². The van der Waals surface area contributed by atoms with Crippen LogP contribution in [0.15, 0.2) is 12.5 Å². The second-order valence-electron chi connectivity index (χ2n) is 3.55. The molecular weight excluding hydrogens is 182 g/mol. The first-order chi connectivity index (χ1) is 6.65. The number of aryl methyl sites for hydroxylation is 1. The number of hydrogen-bond acceptors (Lipinski definition) is 3. The van der Waals surface area contributed by atoms with E-state index in [4.69, 9.17) is 0 Å². The summed E-state index contributed by atoms with van der Waals surface area (Å²) in [5.41, 5.74) is 0.849. The van der Waals surface area contributed by atoms with Crippen LogP contribution < -0.4 is 5.32 Å². The summed E-state index contributed by atoms with van der Waals surface area (Å²) in [6, 6.07) is 0. The molecule has 1 aromatic rings. The maximum Gasteiger partial charge on any atom is 0.230 e. The van der Waals surface area contributed by atoms with Crippen molar-refractivity contribution >= 4 is 11.8 Å². The lowest BCUT2D eigenvalue weighted by molar-refractivity contribution is -0.125. The molecule has 1 fully saturated rings. The topological polar surface area (TPSA) is 64.0 Å². The van der Waals surface area contributed by atoms with Crippen LogP contribution in [0.4, 0.5) is 0 Å². The quantitative estimate of drug-likeness (QED) is 0.651. The summed E-state index contributed by atoms with van der Waals surface area (Å²) in [7, 11) is 1.87. The predicted molar refractivity (Wildman–Crippen MR) is 48.2 cm³/mol. The number of aromatic nitrogens is 2. The van der Waals surface area contributed by atoms with Crippen molar-refractivity contribution in [2.45, 2.75) is 12.8 Å². The van der Waals surface area contributed by atoms with Gasteiger partial charge in [-0.15, -0.1) is 0 Å². The first-order valence-electron chi connectivity index (χ1n) is 4.45. The standard InChI is InChI=1S/C9H11N3O2/c1-12-4-7(10-5-12)2-6-3-8(13)11-9(6)14/h4-6H,2-3H2,1H3,(H,11,13,14). The minimum Gasteiger partial charge on any atom is -0.340 e. The van der Waals surface area contributed by atoms with E-state index >= 15 is 0 Å². The third kappa shape index (κ3) is 1.66. The van der Waals surface area contributed by atoms with E-state index < -0.39 is 0 Å². The highest BCUT2D eigenvalue weighted by Gasteiger charge is 2.30.